The molecule has 128 valence electrons. The number of nitrogens with zero attached hydrogens (tertiary/aromatic N) is 4. The predicted molar refractivity (Wildman–Crippen MR) is 97.7 cm³/mol. The van der Waals surface area contributed by atoms with E-state index in [1.165, 1.54) is 12.8 Å². The molecule has 25 heavy (non-hydrogen) atoms. The lowest BCUT2D eigenvalue weighted by molar-refractivity contribution is 0.739. The fourth-order valence-corrected chi connectivity index (χ4v) is 3.48. The summed E-state index contributed by atoms with van der Waals surface area (Å²) in [6.07, 6.45) is 9.45. The third-order valence-corrected chi connectivity index (χ3v) is 5.44. The smallest absolute Gasteiger partial charge is 0.155 e. The zero-order valence-electron chi connectivity index (χ0n) is 14.4. The third kappa shape index (κ3) is 2.66. The van der Waals surface area contributed by atoms with E-state index in [0.29, 0.717) is 6.04 Å². The summed E-state index contributed by atoms with van der Waals surface area (Å²) in [5.41, 5.74) is 4.19. The normalized spacial score (nSPS) is 21.6. The van der Waals surface area contributed by atoms with Crippen LogP contribution in [0.1, 0.15) is 31.9 Å². The second kappa shape index (κ2) is 5.52. The van der Waals surface area contributed by atoms with Crippen molar-refractivity contribution < 1.29 is 0 Å². The first-order valence-electron chi connectivity index (χ1n) is 9.00. The van der Waals surface area contributed by atoms with E-state index >= 15 is 0 Å². The number of rotatable bonds is 4. The van der Waals surface area contributed by atoms with Crippen molar-refractivity contribution in [2.75, 3.05) is 18.4 Å². The first-order valence-corrected chi connectivity index (χ1v) is 9.00. The average Bonchev–Trinajstić information content (AvgIpc) is 3.03. The first-order chi connectivity index (χ1) is 12.2. The Hall–Kier alpha value is -2.47. The molecule has 3 aromatic rings. The number of hydrogen-bond acceptors (Lipinski definition) is 5. The van der Waals surface area contributed by atoms with Crippen LogP contribution < -0.4 is 10.6 Å². The molecule has 1 aliphatic heterocycles. The lowest BCUT2D eigenvalue weighted by Crippen LogP contribution is -2.22. The van der Waals surface area contributed by atoms with Gasteiger partial charge in [-0.2, -0.15) is 0 Å². The molecule has 1 atom stereocenters. The second-order valence-electron chi connectivity index (χ2n) is 7.45. The van der Waals surface area contributed by atoms with Crippen molar-refractivity contribution in [2.24, 2.45) is 0 Å². The molecule has 0 radical (unpaired) electrons. The molecule has 1 unspecified atom stereocenters. The van der Waals surface area contributed by atoms with Gasteiger partial charge in [0.15, 0.2) is 5.65 Å². The summed E-state index contributed by atoms with van der Waals surface area (Å²) < 4.78 is 2.12. The summed E-state index contributed by atoms with van der Waals surface area (Å²) in [6.45, 7) is 4.34. The standard InChI is InChI=1S/C19H22N6/c1-19(6-7-19)16-12-25-15(10-22-18(25)11-21-16)14-3-2-4-17(24-14)23-13-5-8-20-9-13/h2-4,10-13,20H,5-9H2,1H3,(H,23,24). The Bertz CT molecular complexity index is 921. The summed E-state index contributed by atoms with van der Waals surface area (Å²) in [5.74, 6) is 0.921. The van der Waals surface area contributed by atoms with E-state index in [1.54, 1.807) is 0 Å². The van der Waals surface area contributed by atoms with Gasteiger partial charge in [-0.25, -0.2) is 9.97 Å². The fraction of sp³-hybridized carbons (Fsp3) is 0.421. The van der Waals surface area contributed by atoms with Crippen LogP contribution in [0.25, 0.3) is 17.0 Å². The van der Waals surface area contributed by atoms with E-state index in [-0.39, 0.29) is 5.41 Å². The maximum Gasteiger partial charge on any atom is 0.155 e. The van der Waals surface area contributed by atoms with Crippen molar-refractivity contribution in [3.63, 3.8) is 0 Å². The van der Waals surface area contributed by atoms with Gasteiger partial charge in [-0.3, -0.25) is 9.38 Å². The van der Waals surface area contributed by atoms with E-state index in [2.05, 4.69) is 44.2 Å². The molecule has 2 aliphatic rings. The first kappa shape index (κ1) is 14.8. The van der Waals surface area contributed by atoms with Gasteiger partial charge in [0, 0.05) is 24.2 Å². The SMILES string of the molecule is CC1(c2cn3c(-c4cccc(NC5CCNC5)n4)cnc3cn2)CC1. The van der Waals surface area contributed by atoms with E-state index in [4.69, 9.17) is 4.98 Å². The van der Waals surface area contributed by atoms with Gasteiger partial charge in [-0.1, -0.05) is 13.0 Å². The Morgan fingerprint density at radius 1 is 1.24 bits per heavy atom. The number of hydrogen-bond donors (Lipinski definition) is 2. The molecule has 0 aromatic carbocycles. The van der Waals surface area contributed by atoms with Crippen LogP contribution in [0.5, 0.6) is 0 Å². The van der Waals surface area contributed by atoms with E-state index < -0.39 is 0 Å². The minimum absolute atomic E-state index is 0.238. The van der Waals surface area contributed by atoms with Crippen LogP contribution in [0.3, 0.4) is 0 Å². The Morgan fingerprint density at radius 2 is 2.16 bits per heavy atom. The third-order valence-electron chi connectivity index (χ3n) is 5.44. The number of aromatic nitrogens is 4. The second-order valence-corrected chi connectivity index (χ2v) is 7.45. The van der Waals surface area contributed by atoms with Crippen molar-refractivity contribution in [3.05, 3.63) is 42.5 Å². The molecule has 2 N–H and O–H groups in total. The van der Waals surface area contributed by atoms with Gasteiger partial charge in [0.1, 0.15) is 5.82 Å². The Kier molecular flexibility index (Phi) is 3.28. The predicted octanol–water partition coefficient (Wildman–Crippen LogP) is 2.62. The Balaban J connectivity index is 1.52. The van der Waals surface area contributed by atoms with Gasteiger partial charge >= 0.3 is 0 Å². The van der Waals surface area contributed by atoms with Crippen LogP contribution >= 0.6 is 0 Å². The van der Waals surface area contributed by atoms with Gasteiger partial charge in [0.25, 0.3) is 0 Å². The largest absolute Gasteiger partial charge is 0.366 e. The minimum atomic E-state index is 0.238. The zero-order valence-corrected chi connectivity index (χ0v) is 14.4. The van der Waals surface area contributed by atoms with Crippen molar-refractivity contribution >= 4 is 11.5 Å². The highest BCUT2D eigenvalue weighted by Gasteiger charge is 2.40. The van der Waals surface area contributed by atoms with Gasteiger partial charge < -0.3 is 10.6 Å². The molecular formula is C19H22N6. The highest BCUT2D eigenvalue weighted by molar-refractivity contribution is 5.61. The molecule has 2 fully saturated rings. The van der Waals surface area contributed by atoms with Crippen LogP contribution in [-0.4, -0.2) is 38.5 Å². The average molecular weight is 334 g/mol. The minimum Gasteiger partial charge on any atom is -0.366 e. The number of pyridine rings is 1. The van der Waals surface area contributed by atoms with E-state index in [1.807, 2.05) is 24.5 Å². The fourth-order valence-electron chi connectivity index (χ4n) is 3.48. The molecule has 0 spiro atoms. The van der Waals surface area contributed by atoms with Gasteiger partial charge in [-0.15, -0.1) is 0 Å². The molecule has 6 heteroatoms. The zero-order chi connectivity index (χ0) is 16.9. The summed E-state index contributed by atoms with van der Waals surface area (Å²) in [4.78, 5) is 13.9. The topological polar surface area (TPSA) is 67.1 Å². The van der Waals surface area contributed by atoms with Crippen molar-refractivity contribution in [3.8, 4) is 11.4 Å². The molecule has 1 saturated heterocycles. The van der Waals surface area contributed by atoms with Crippen LogP contribution in [-0.2, 0) is 5.41 Å². The molecule has 0 amide bonds. The quantitative estimate of drug-likeness (QED) is 0.768. The number of nitrogens with one attached hydrogen (secondary N) is 2. The molecular weight excluding hydrogens is 312 g/mol. The van der Waals surface area contributed by atoms with E-state index in [9.17, 15) is 0 Å². The van der Waals surface area contributed by atoms with Crippen molar-refractivity contribution in [1.29, 1.82) is 0 Å². The molecule has 1 aliphatic carbocycles. The van der Waals surface area contributed by atoms with Crippen molar-refractivity contribution in [1.82, 2.24) is 24.7 Å². The summed E-state index contributed by atoms with van der Waals surface area (Å²) in [7, 11) is 0. The lowest BCUT2D eigenvalue weighted by atomic mass is 10.1. The van der Waals surface area contributed by atoms with Crippen LogP contribution in [0, 0.1) is 0 Å². The van der Waals surface area contributed by atoms with Crippen LogP contribution in [0.2, 0.25) is 0 Å². The van der Waals surface area contributed by atoms with Gasteiger partial charge in [0.05, 0.1) is 29.5 Å². The summed E-state index contributed by atoms with van der Waals surface area (Å²) in [5, 5.41) is 6.90. The summed E-state index contributed by atoms with van der Waals surface area (Å²) >= 11 is 0. The number of fused-ring (bicyclic) bond motifs is 1. The molecule has 5 rings (SSSR count). The Labute approximate surface area is 146 Å². The highest BCUT2D eigenvalue weighted by Crippen LogP contribution is 2.46. The Morgan fingerprint density at radius 3 is 2.96 bits per heavy atom. The number of imidazole rings is 1. The molecule has 6 nitrogen and oxygen atoms in total. The highest BCUT2D eigenvalue weighted by atomic mass is 15.1. The molecule has 3 aromatic heterocycles. The monoisotopic (exact) mass is 334 g/mol. The van der Waals surface area contributed by atoms with E-state index in [0.717, 1.165) is 48.1 Å². The van der Waals surface area contributed by atoms with Gasteiger partial charge in [0.2, 0.25) is 0 Å². The molecule has 1 saturated carbocycles. The maximum absolute atomic E-state index is 4.82. The van der Waals surface area contributed by atoms with Crippen LogP contribution in [0.15, 0.2) is 36.8 Å². The van der Waals surface area contributed by atoms with Crippen LogP contribution in [0.4, 0.5) is 5.82 Å². The summed E-state index contributed by atoms with van der Waals surface area (Å²) in [6, 6.07) is 6.58. The molecule has 4 heterocycles. The van der Waals surface area contributed by atoms with Gasteiger partial charge in [-0.05, 0) is 37.9 Å². The molecule has 0 bridgehead atoms. The number of anilines is 1. The lowest BCUT2D eigenvalue weighted by Gasteiger charge is -2.13. The maximum atomic E-state index is 4.82. The van der Waals surface area contributed by atoms with Crippen molar-refractivity contribution in [2.45, 2.75) is 37.6 Å².